The molecular formula is C26H23N3O3S. The number of allylic oxidation sites excluding steroid dienone is 1. The van der Waals surface area contributed by atoms with E-state index in [0.717, 1.165) is 31.2 Å². The second kappa shape index (κ2) is 10.2. The first-order valence-corrected chi connectivity index (χ1v) is 11.5. The molecule has 6 nitrogen and oxygen atoms in total. The molecule has 0 atom stereocenters. The summed E-state index contributed by atoms with van der Waals surface area (Å²) >= 11 is 1.48. The van der Waals surface area contributed by atoms with Crippen LogP contribution in [0.15, 0.2) is 66.4 Å². The maximum Gasteiger partial charge on any atom is 0.272 e. The van der Waals surface area contributed by atoms with E-state index in [0.29, 0.717) is 27.6 Å². The van der Waals surface area contributed by atoms with Gasteiger partial charge >= 0.3 is 0 Å². The number of rotatable bonds is 7. The van der Waals surface area contributed by atoms with Crippen LogP contribution in [0.2, 0.25) is 0 Å². The zero-order valence-corrected chi connectivity index (χ0v) is 19.0. The number of fused-ring (bicyclic) bond motifs is 1. The third kappa shape index (κ3) is 5.13. The molecule has 1 amide bonds. The van der Waals surface area contributed by atoms with Crippen LogP contribution < -0.4 is 15.4 Å². The van der Waals surface area contributed by atoms with Gasteiger partial charge in [0.1, 0.15) is 22.5 Å². The Labute approximate surface area is 196 Å². The number of carbonyl (C=O) groups excluding carboxylic acids is 2. The van der Waals surface area contributed by atoms with Crippen LogP contribution in [0.5, 0.6) is 5.75 Å². The molecule has 3 aromatic rings. The summed E-state index contributed by atoms with van der Waals surface area (Å²) in [6, 6.07) is 18.0. The molecule has 166 valence electrons. The number of methoxy groups -OCH3 is 1. The first-order valence-electron chi connectivity index (χ1n) is 10.7. The molecule has 0 saturated carbocycles. The fourth-order valence-electron chi connectivity index (χ4n) is 3.74. The molecule has 1 aliphatic carbocycles. The topological polar surface area (TPSA) is 91.2 Å². The van der Waals surface area contributed by atoms with Crippen molar-refractivity contribution in [2.24, 2.45) is 0 Å². The number of anilines is 2. The van der Waals surface area contributed by atoms with Crippen molar-refractivity contribution in [3.05, 3.63) is 87.9 Å². The Hall–Kier alpha value is -3.89. The lowest BCUT2D eigenvalue weighted by Crippen LogP contribution is -2.21. The molecule has 4 rings (SSSR count). The molecule has 0 spiro atoms. The molecule has 0 unspecified atom stereocenters. The van der Waals surface area contributed by atoms with Crippen molar-refractivity contribution in [2.75, 3.05) is 17.7 Å². The Morgan fingerprint density at radius 3 is 2.45 bits per heavy atom. The number of ketones is 1. The van der Waals surface area contributed by atoms with Crippen LogP contribution >= 0.6 is 11.3 Å². The van der Waals surface area contributed by atoms with Gasteiger partial charge in [0.25, 0.3) is 5.91 Å². The Balaban J connectivity index is 1.67. The summed E-state index contributed by atoms with van der Waals surface area (Å²) in [7, 11) is 1.56. The molecule has 1 aliphatic rings. The lowest BCUT2D eigenvalue weighted by Gasteiger charge is -2.11. The molecule has 1 heterocycles. The van der Waals surface area contributed by atoms with Gasteiger partial charge in [-0.2, -0.15) is 5.26 Å². The van der Waals surface area contributed by atoms with Crippen LogP contribution in [0, 0.1) is 11.3 Å². The molecular weight excluding hydrogens is 434 g/mol. The highest BCUT2D eigenvalue weighted by molar-refractivity contribution is 7.16. The summed E-state index contributed by atoms with van der Waals surface area (Å²) in [5.74, 6) is -0.153. The minimum Gasteiger partial charge on any atom is -0.497 e. The van der Waals surface area contributed by atoms with E-state index in [4.69, 9.17) is 4.74 Å². The van der Waals surface area contributed by atoms with Crippen molar-refractivity contribution >= 4 is 33.7 Å². The van der Waals surface area contributed by atoms with Gasteiger partial charge in [-0.05, 0) is 67.6 Å². The zero-order chi connectivity index (χ0) is 23.2. The quantitative estimate of drug-likeness (QED) is 0.370. The van der Waals surface area contributed by atoms with Gasteiger partial charge in [0.05, 0.1) is 12.7 Å². The van der Waals surface area contributed by atoms with Crippen molar-refractivity contribution in [3.63, 3.8) is 0 Å². The average molecular weight is 458 g/mol. The number of ether oxygens (including phenoxy) is 1. The SMILES string of the molecule is COc1ccc(C(=O)C=C(Nc2sc3c(c2C#N)CCCC3)C(=O)Nc2ccccc2)cc1. The predicted molar refractivity (Wildman–Crippen MR) is 130 cm³/mol. The number of aryl methyl sites for hydroxylation is 1. The van der Waals surface area contributed by atoms with Crippen LogP contribution in [0.4, 0.5) is 10.7 Å². The third-order valence-electron chi connectivity index (χ3n) is 5.46. The molecule has 2 N–H and O–H groups in total. The summed E-state index contributed by atoms with van der Waals surface area (Å²) in [6.45, 7) is 0. The van der Waals surface area contributed by atoms with E-state index in [9.17, 15) is 14.9 Å². The summed E-state index contributed by atoms with van der Waals surface area (Å²) in [5.41, 5.74) is 2.73. The van der Waals surface area contributed by atoms with Gasteiger partial charge in [-0.15, -0.1) is 11.3 Å². The Morgan fingerprint density at radius 1 is 1.03 bits per heavy atom. The van der Waals surface area contributed by atoms with Crippen molar-refractivity contribution in [3.8, 4) is 11.8 Å². The Morgan fingerprint density at radius 2 is 1.76 bits per heavy atom. The van der Waals surface area contributed by atoms with Crippen molar-refractivity contribution in [2.45, 2.75) is 25.7 Å². The van der Waals surface area contributed by atoms with Crippen LogP contribution in [-0.2, 0) is 17.6 Å². The first-order chi connectivity index (χ1) is 16.1. The van der Waals surface area contributed by atoms with Crippen molar-refractivity contribution in [1.29, 1.82) is 5.26 Å². The summed E-state index contributed by atoms with van der Waals surface area (Å²) in [5, 5.41) is 16.3. The molecule has 7 heteroatoms. The van der Waals surface area contributed by atoms with Gasteiger partial charge in [0.2, 0.25) is 0 Å². The normalized spacial score (nSPS) is 12.9. The van der Waals surface area contributed by atoms with Gasteiger partial charge in [0.15, 0.2) is 5.78 Å². The Bertz CT molecular complexity index is 1240. The van der Waals surface area contributed by atoms with Crippen LogP contribution in [0.25, 0.3) is 0 Å². The second-order valence-electron chi connectivity index (χ2n) is 7.62. The van der Waals surface area contributed by atoms with Crippen LogP contribution in [0.1, 0.15) is 39.2 Å². The molecule has 1 aromatic heterocycles. The molecule has 0 fully saturated rings. The molecule has 0 bridgehead atoms. The maximum absolute atomic E-state index is 13.1. The van der Waals surface area contributed by atoms with Crippen LogP contribution in [-0.4, -0.2) is 18.8 Å². The number of hydrogen-bond acceptors (Lipinski definition) is 6. The average Bonchev–Trinajstić information content (AvgIpc) is 3.21. The van der Waals surface area contributed by atoms with E-state index in [2.05, 4.69) is 16.7 Å². The first kappa shape index (κ1) is 22.3. The lowest BCUT2D eigenvalue weighted by atomic mass is 9.96. The molecule has 0 saturated heterocycles. The van der Waals surface area contributed by atoms with E-state index in [1.165, 1.54) is 22.3 Å². The van der Waals surface area contributed by atoms with E-state index >= 15 is 0 Å². The van der Waals surface area contributed by atoms with E-state index < -0.39 is 5.91 Å². The third-order valence-corrected chi connectivity index (χ3v) is 6.66. The number of amides is 1. The standard InChI is InChI=1S/C26H23N3O3S/c1-32-19-13-11-17(12-14-19)23(30)15-22(25(31)28-18-7-3-2-4-8-18)29-26-21(16-27)20-9-5-6-10-24(20)33-26/h2-4,7-8,11-15,29H,5-6,9-10H2,1H3,(H,28,31). The van der Waals surface area contributed by atoms with Gasteiger partial charge in [-0.3, -0.25) is 9.59 Å². The molecule has 0 aliphatic heterocycles. The number of carbonyl (C=O) groups is 2. The number of nitrogens with zero attached hydrogens (tertiary/aromatic N) is 1. The van der Waals surface area contributed by atoms with Gasteiger partial charge in [0, 0.05) is 22.2 Å². The van der Waals surface area contributed by atoms with Crippen molar-refractivity contribution < 1.29 is 14.3 Å². The lowest BCUT2D eigenvalue weighted by molar-refractivity contribution is -0.112. The fourth-order valence-corrected chi connectivity index (χ4v) is 4.99. The minimum absolute atomic E-state index is 0.0785. The number of thiophene rings is 1. The number of nitriles is 1. The van der Waals surface area contributed by atoms with Gasteiger partial charge in [-0.25, -0.2) is 0 Å². The molecule has 33 heavy (non-hydrogen) atoms. The zero-order valence-electron chi connectivity index (χ0n) is 18.2. The summed E-state index contributed by atoms with van der Waals surface area (Å²) in [6.07, 6.45) is 5.20. The van der Waals surface area contributed by atoms with Crippen LogP contribution in [0.3, 0.4) is 0 Å². The monoisotopic (exact) mass is 457 g/mol. The van der Waals surface area contributed by atoms with E-state index in [1.54, 1.807) is 43.5 Å². The van der Waals surface area contributed by atoms with E-state index in [1.807, 2.05) is 18.2 Å². The highest BCUT2D eigenvalue weighted by Gasteiger charge is 2.23. The molecule has 0 radical (unpaired) electrons. The fraction of sp³-hybridized carbons (Fsp3) is 0.192. The van der Waals surface area contributed by atoms with E-state index in [-0.39, 0.29) is 11.5 Å². The number of benzene rings is 2. The number of nitrogens with one attached hydrogen (secondary N) is 2. The summed E-state index contributed by atoms with van der Waals surface area (Å²) < 4.78 is 5.15. The number of hydrogen-bond donors (Lipinski definition) is 2. The molecule has 2 aromatic carbocycles. The minimum atomic E-state index is -0.460. The predicted octanol–water partition coefficient (Wildman–Crippen LogP) is 5.32. The van der Waals surface area contributed by atoms with Gasteiger partial charge in [-0.1, -0.05) is 18.2 Å². The summed E-state index contributed by atoms with van der Waals surface area (Å²) in [4.78, 5) is 27.3. The highest BCUT2D eigenvalue weighted by Crippen LogP contribution is 2.38. The maximum atomic E-state index is 13.1. The Kier molecular flexibility index (Phi) is 6.86. The second-order valence-corrected chi connectivity index (χ2v) is 8.73. The van der Waals surface area contributed by atoms with Gasteiger partial charge < -0.3 is 15.4 Å². The highest BCUT2D eigenvalue weighted by atomic mass is 32.1. The smallest absolute Gasteiger partial charge is 0.272 e. The number of para-hydroxylation sites is 1. The van der Waals surface area contributed by atoms with Crippen molar-refractivity contribution in [1.82, 2.24) is 0 Å². The largest absolute Gasteiger partial charge is 0.497 e.